The number of aryl methyl sites for hydroxylation is 1. The Morgan fingerprint density at radius 1 is 1.53 bits per heavy atom. The van der Waals surface area contributed by atoms with Crippen LogP contribution in [0.5, 0.6) is 0 Å². The number of fused-ring (bicyclic) bond motifs is 1. The van der Waals surface area contributed by atoms with Gasteiger partial charge in [0.15, 0.2) is 0 Å². The third-order valence-electron chi connectivity index (χ3n) is 2.23. The van der Waals surface area contributed by atoms with Crippen molar-refractivity contribution in [2.45, 2.75) is 19.9 Å². The highest BCUT2D eigenvalue weighted by Gasteiger charge is 2.05. The second-order valence-corrected chi connectivity index (χ2v) is 3.30. The van der Waals surface area contributed by atoms with E-state index < -0.39 is 5.97 Å². The molecular formula is C10H11N3O2. The Hall–Kier alpha value is -1.91. The average molecular weight is 205 g/mol. The number of hydrogen-bond acceptors (Lipinski definition) is 3. The predicted octanol–water partition coefficient (Wildman–Crippen LogP) is 1.08. The molecule has 0 spiro atoms. The summed E-state index contributed by atoms with van der Waals surface area (Å²) in [7, 11) is 0. The monoisotopic (exact) mass is 205 g/mol. The van der Waals surface area contributed by atoms with Crippen LogP contribution in [0.3, 0.4) is 0 Å². The molecule has 0 unspecified atom stereocenters. The van der Waals surface area contributed by atoms with Crippen LogP contribution in [0.4, 0.5) is 0 Å². The molecule has 0 bridgehead atoms. The second kappa shape index (κ2) is 3.68. The topological polar surface area (TPSA) is 68.0 Å². The maximum absolute atomic E-state index is 10.5. The molecule has 15 heavy (non-hydrogen) atoms. The molecule has 5 heteroatoms. The van der Waals surface area contributed by atoms with Crippen molar-refractivity contribution in [1.29, 1.82) is 0 Å². The fourth-order valence-electron chi connectivity index (χ4n) is 1.54. The summed E-state index contributed by atoms with van der Waals surface area (Å²) < 4.78 is 1.78. The van der Waals surface area contributed by atoms with Crippen LogP contribution in [0, 0.1) is 0 Å². The van der Waals surface area contributed by atoms with Crippen molar-refractivity contribution in [2.75, 3.05) is 0 Å². The van der Waals surface area contributed by atoms with Gasteiger partial charge in [0, 0.05) is 6.54 Å². The molecule has 1 aromatic carbocycles. The fraction of sp³-hybridized carbons (Fsp3) is 0.300. The largest absolute Gasteiger partial charge is 0.481 e. The maximum atomic E-state index is 10.5. The number of aliphatic carboxylic acids is 1. The summed E-state index contributed by atoms with van der Waals surface area (Å²) in [5.41, 5.74) is 2.43. The van der Waals surface area contributed by atoms with Crippen molar-refractivity contribution >= 4 is 17.0 Å². The van der Waals surface area contributed by atoms with Crippen molar-refractivity contribution in [3.63, 3.8) is 0 Å². The van der Waals surface area contributed by atoms with Gasteiger partial charge in [0.05, 0.1) is 11.9 Å². The molecule has 0 atom stereocenters. The first-order valence-corrected chi connectivity index (χ1v) is 4.74. The SMILES string of the molecule is CCn1nnc2cc(CC(=O)O)ccc21. The number of carboxylic acids is 1. The fourth-order valence-corrected chi connectivity index (χ4v) is 1.54. The Bertz CT molecular complexity index is 504. The zero-order valence-corrected chi connectivity index (χ0v) is 8.34. The summed E-state index contributed by atoms with van der Waals surface area (Å²) >= 11 is 0. The Morgan fingerprint density at radius 2 is 2.33 bits per heavy atom. The Kier molecular flexibility index (Phi) is 2.37. The van der Waals surface area contributed by atoms with Crippen LogP contribution < -0.4 is 0 Å². The van der Waals surface area contributed by atoms with E-state index >= 15 is 0 Å². The van der Waals surface area contributed by atoms with E-state index in [0.29, 0.717) is 0 Å². The van der Waals surface area contributed by atoms with Crippen LogP contribution in [0.1, 0.15) is 12.5 Å². The highest BCUT2D eigenvalue weighted by molar-refractivity contribution is 5.77. The molecule has 0 amide bonds. The molecule has 0 radical (unpaired) electrons. The zero-order chi connectivity index (χ0) is 10.8. The van der Waals surface area contributed by atoms with Gasteiger partial charge in [0.25, 0.3) is 0 Å². The van der Waals surface area contributed by atoms with Crippen LogP contribution in [0.15, 0.2) is 18.2 Å². The first-order valence-electron chi connectivity index (χ1n) is 4.74. The van der Waals surface area contributed by atoms with Crippen LogP contribution in [0.2, 0.25) is 0 Å². The van der Waals surface area contributed by atoms with Gasteiger partial charge in [-0.15, -0.1) is 5.10 Å². The summed E-state index contributed by atoms with van der Waals surface area (Å²) in [6.45, 7) is 2.74. The average Bonchev–Trinajstić information content (AvgIpc) is 2.58. The number of aromatic nitrogens is 3. The van der Waals surface area contributed by atoms with Crippen molar-refractivity contribution in [3.8, 4) is 0 Å². The van der Waals surface area contributed by atoms with Crippen LogP contribution in [-0.4, -0.2) is 26.1 Å². The molecule has 2 rings (SSSR count). The van der Waals surface area contributed by atoms with Crippen LogP contribution in [0.25, 0.3) is 11.0 Å². The molecule has 1 N–H and O–H groups in total. The van der Waals surface area contributed by atoms with Gasteiger partial charge in [-0.1, -0.05) is 11.3 Å². The van der Waals surface area contributed by atoms with Gasteiger partial charge >= 0.3 is 5.97 Å². The lowest BCUT2D eigenvalue weighted by Gasteiger charge is -1.98. The number of hydrogen-bond donors (Lipinski definition) is 1. The van der Waals surface area contributed by atoms with Gasteiger partial charge < -0.3 is 5.11 Å². The predicted molar refractivity (Wildman–Crippen MR) is 54.5 cm³/mol. The summed E-state index contributed by atoms with van der Waals surface area (Å²) in [6.07, 6.45) is 0.0227. The highest BCUT2D eigenvalue weighted by Crippen LogP contribution is 2.13. The Labute approximate surface area is 86.3 Å². The van der Waals surface area contributed by atoms with E-state index in [4.69, 9.17) is 5.11 Å². The van der Waals surface area contributed by atoms with E-state index in [1.165, 1.54) is 0 Å². The van der Waals surface area contributed by atoms with Crippen molar-refractivity contribution in [2.24, 2.45) is 0 Å². The summed E-state index contributed by atoms with van der Waals surface area (Å²) in [4.78, 5) is 10.5. The summed E-state index contributed by atoms with van der Waals surface area (Å²) in [5, 5.41) is 16.6. The van der Waals surface area contributed by atoms with E-state index in [-0.39, 0.29) is 6.42 Å². The molecule has 0 saturated carbocycles. The second-order valence-electron chi connectivity index (χ2n) is 3.30. The van der Waals surface area contributed by atoms with Gasteiger partial charge in [-0.05, 0) is 24.6 Å². The van der Waals surface area contributed by atoms with E-state index in [1.807, 2.05) is 13.0 Å². The third-order valence-corrected chi connectivity index (χ3v) is 2.23. The molecule has 0 fully saturated rings. The minimum Gasteiger partial charge on any atom is -0.481 e. The number of benzene rings is 1. The normalized spacial score (nSPS) is 10.7. The van der Waals surface area contributed by atoms with Crippen molar-refractivity contribution in [1.82, 2.24) is 15.0 Å². The molecule has 1 heterocycles. The van der Waals surface area contributed by atoms with Crippen molar-refractivity contribution < 1.29 is 9.90 Å². The van der Waals surface area contributed by atoms with Crippen molar-refractivity contribution in [3.05, 3.63) is 23.8 Å². The minimum absolute atomic E-state index is 0.0227. The summed E-state index contributed by atoms with van der Waals surface area (Å²) in [5.74, 6) is -0.836. The smallest absolute Gasteiger partial charge is 0.307 e. The van der Waals surface area contributed by atoms with Gasteiger partial charge in [0.1, 0.15) is 5.52 Å². The van der Waals surface area contributed by atoms with Crippen LogP contribution in [-0.2, 0) is 17.8 Å². The van der Waals surface area contributed by atoms with E-state index in [2.05, 4.69) is 10.3 Å². The number of carbonyl (C=O) groups is 1. The Morgan fingerprint density at radius 3 is 3.00 bits per heavy atom. The quantitative estimate of drug-likeness (QED) is 0.814. The molecule has 2 aromatic rings. The summed E-state index contributed by atoms with van der Waals surface area (Å²) in [6, 6.07) is 5.42. The standard InChI is InChI=1S/C10H11N3O2/c1-2-13-9-4-3-7(6-10(14)15)5-8(9)11-12-13/h3-5H,2,6H2,1H3,(H,14,15). The molecule has 0 saturated heterocycles. The number of carboxylic acid groups (broad SMARTS) is 1. The number of rotatable bonds is 3. The minimum atomic E-state index is -0.836. The van der Waals surface area contributed by atoms with Gasteiger partial charge in [0.2, 0.25) is 0 Å². The lowest BCUT2D eigenvalue weighted by molar-refractivity contribution is -0.136. The van der Waals surface area contributed by atoms with Gasteiger partial charge in [-0.2, -0.15) is 0 Å². The lowest BCUT2D eigenvalue weighted by Crippen LogP contribution is -2.00. The Balaban J connectivity index is 2.44. The first kappa shape index (κ1) is 9.64. The van der Waals surface area contributed by atoms with Crippen LogP contribution >= 0.6 is 0 Å². The highest BCUT2D eigenvalue weighted by atomic mass is 16.4. The first-order chi connectivity index (χ1) is 7.20. The maximum Gasteiger partial charge on any atom is 0.307 e. The molecular weight excluding hydrogens is 194 g/mol. The zero-order valence-electron chi connectivity index (χ0n) is 8.34. The van der Waals surface area contributed by atoms with E-state index in [9.17, 15) is 4.79 Å². The molecule has 78 valence electrons. The number of nitrogens with zero attached hydrogens (tertiary/aromatic N) is 3. The van der Waals surface area contributed by atoms with E-state index in [1.54, 1.807) is 16.8 Å². The third kappa shape index (κ3) is 1.81. The molecule has 0 aliphatic heterocycles. The van der Waals surface area contributed by atoms with Gasteiger partial charge in [-0.25, -0.2) is 4.68 Å². The van der Waals surface area contributed by atoms with Gasteiger partial charge in [-0.3, -0.25) is 4.79 Å². The molecule has 0 aliphatic carbocycles. The van der Waals surface area contributed by atoms with E-state index in [0.717, 1.165) is 23.1 Å². The molecule has 5 nitrogen and oxygen atoms in total. The molecule has 0 aliphatic rings. The molecule has 1 aromatic heterocycles. The lowest BCUT2D eigenvalue weighted by atomic mass is 10.1.